The van der Waals surface area contributed by atoms with Crippen LogP contribution in [0.3, 0.4) is 0 Å². The number of carboxylic acid groups (broad SMARTS) is 2. The minimum absolute atomic E-state index is 0.0599. The van der Waals surface area contributed by atoms with E-state index in [0.717, 1.165) is 11.3 Å². The fraction of sp³-hybridized carbons (Fsp3) is 0.261. The number of benzene rings is 2. The molecule has 0 spiro atoms. The number of methoxy groups -OCH3 is 2. The molecule has 184 valence electrons. The van der Waals surface area contributed by atoms with E-state index in [4.69, 9.17) is 19.7 Å². The molecule has 0 aliphatic carbocycles. The van der Waals surface area contributed by atoms with E-state index >= 15 is 0 Å². The summed E-state index contributed by atoms with van der Waals surface area (Å²) in [6, 6.07) is 12.2. The van der Waals surface area contributed by atoms with Crippen molar-refractivity contribution >= 4 is 24.0 Å². The second kappa shape index (κ2) is 15.0. The molecule has 0 heterocycles. The summed E-state index contributed by atoms with van der Waals surface area (Å²) < 4.78 is 10.6. The Labute approximate surface area is 196 Å². The van der Waals surface area contributed by atoms with E-state index in [9.17, 15) is 24.6 Å². The van der Waals surface area contributed by atoms with Crippen molar-refractivity contribution in [3.63, 3.8) is 0 Å². The van der Waals surface area contributed by atoms with Crippen LogP contribution >= 0.6 is 0 Å². The van der Waals surface area contributed by atoms with E-state index in [1.807, 2.05) is 24.3 Å². The fourth-order valence-electron chi connectivity index (χ4n) is 2.66. The Balaban J connectivity index is 0.000000620. The van der Waals surface area contributed by atoms with Crippen LogP contribution in [-0.2, 0) is 25.5 Å². The number of carbonyl (C=O) groups excluding carboxylic acids is 1. The van der Waals surface area contributed by atoms with Gasteiger partial charge in [-0.05, 0) is 35.4 Å². The first-order valence-electron chi connectivity index (χ1n) is 9.94. The molecule has 2 aromatic rings. The Bertz CT molecular complexity index is 945. The SMILES string of the molecule is COc1ccc(CC(NCC(O)c2ccc(O)c(NC=O)c2)OC)cc1.O=C(O)/C=C/C(=O)O. The number of phenolic OH excluding ortho intramolecular Hbond substituents is 1. The van der Waals surface area contributed by atoms with Crippen LogP contribution in [0.25, 0.3) is 0 Å². The van der Waals surface area contributed by atoms with Gasteiger partial charge in [-0.3, -0.25) is 10.1 Å². The van der Waals surface area contributed by atoms with Crippen molar-refractivity contribution in [1.82, 2.24) is 5.32 Å². The zero-order chi connectivity index (χ0) is 25.5. The third kappa shape index (κ3) is 10.6. The topological polar surface area (TPSA) is 175 Å². The highest BCUT2D eigenvalue weighted by molar-refractivity contribution is 5.89. The second-order valence-corrected chi connectivity index (χ2v) is 6.75. The minimum Gasteiger partial charge on any atom is -0.506 e. The number of aromatic hydroxyl groups is 1. The molecule has 0 saturated heterocycles. The molecule has 11 nitrogen and oxygen atoms in total. The van der Waals surface area contributed by atoms with Crippen LogP contribution in [0.1, 0.15) is 17.2 Å². The number of aliphatic carboxylic acids is 2. The maximum Gasteiger partial charge on any atom is 0.328 e. The first kappa shape index (κ1) is 28.1. The number of hydrogen-bond acceptors (Lipinski definition) is 8. The molecule has 34 heavy (non-hydrogen) atoms. The summed E-state index contributed by atoms with van der Waals surface area (Å²) >= 11 is 0. The zero-order valence-corrected chi connectivity index (χ0v) is 18.7. The van der Waals surface area contributed by atoms with Crippen molar-refractivity contribution < 1.29 is 44.3 Å². The van der Waals surface area contributed by atoms with Gasteiger partial charge in [0.05, 0.1) is 18.9 Å². The average Bonchev–Trinajstić information content (AvgIpc) is 2.82. The number of ether oxygens (including phenoxy) is 2. The Morgan fingerprint density at radius 1 is 1.03 bits per heavy atom. The molecule has 0 saturated carbocycles. The van der Waals surface area contributed by atoms with Gasteiger partial charge in [0, 0.05) is 32.2 Å². The molecule has 0 aliphatic rings. The highest BCUT2D eigenvalue weighted by atomic mass is 16.5. The van der Waals surface area contributed by atoms with Crippen LogP contribution in [0.4, 0.5) is 5.69 Å². The van der Waals surface area contributed by atoms with Crippen LogP contribution < -0.4 is 15.4 Å². The minimum atomic E-state index is -1.26. The van der Waals surface area contributed by atoms with Gasteiger partial charge in [-0.2, -0.15) is 0 Å². The summed E-state index contributed by atoms with van der Waals surface area (Å²) in [5.74, 6) is -1.78. The third-order valence-corrected chi connectivity index (χ3v) is 4.39. The predicted molar refractivity (Wildman–Crippen MR) is 123 cm³/mol. The van der Waals surface area contributed by atoms with E-state index in [1.54, 1.807) is 20.3 Å². The smallest absolute Gasteiger partial charge is 0.328 e. The molecule has 2 rings (SSSR count). The summed E-state index contributed by atoms with van der Waals surface area (Å²) in [5, 5.41) is 41.2. The molecule has 0 radical (unpaired) electrons. The van der Waals surface area contributed by atoms with Crippen LogP contribution in [0, 0.1) is 0 Å². The molecule has 0 bridgehead atoms. The van der Waals surface area contributed by atoms with Gasteiger partial charge in [-0.25, -0.2) is 9.59 Å². The third-order valence-electron chi connectivity index (χ3n) is 4.39. The van der Waals surface area contributed by atoms with E-state index in [0.29, 0.717) is 30.5 Å². The molecule has 0 aliphatic heterocycles. The second-order valence-electron chi connectivity index (χ2n) is 6.75. The number of aliphatic hydroxyl groups is 1. The van der Waals surface area contributed by atoms with E-state index in [-0.39, 0.29) is 24.2 Å². The number of carbonyl (C=O) groups is 3. The van der Waals surface area contributed by atoms with Crippen LogP contribution in [0.2, 0.25) is 0 Å². The number of amides is 1. The van der Waals surface area contributed by atoms with Gasteiger partial charge in [0.15, 0.2) is 0 Å². The number of nitrogens with one attached hydrogen (secondary N) is 2. The Hall–Kier alpha value is -3.93. The number of phenols is 1. The lowest BCUT2D eigenvalue weighted by Gasteiger charge is -2.20. The summed E-state index contributed by atoms with van der Waals surface area (Å²) in [4.78, 5) is 29.7. The quantitative estimate of drug-likeness (QED) is 0.114. The molecule has 1 amide bonds. The molecular formula is C23H28N2O9. The zero-order valence-electron chi connectivity index (χ0n) is 18.7. The number of carboxylic acids is 2. The van der Waals surface area contributed by atoms with Crippen molar-refractivity contribution in [3.8, 4) is 11.5 Å². The molecule has 11 heteroatoms. The highest BCUT2D eigenvalue weighted by Gasteiger charge is 2.14. The van der Waals surface area contributed by atoms with Gasteiger partial charge in [0.1, 0.15) is 17.7 Å². The van der Waals surface area contributed by atoms with E-state index in [2.05, 4.69) is 10.6 Å². The molecule has 2 atom stereocenters. The monoisotopic (exact) mass is 476 g/mol. The van der Waals surface area contributed by atoms with E-state index in [1.165, 1.54) is 12.1 Å². The fourth-order valence-corrected chi connectivity index (χ4v) is 2.66. The van der Waals surface area contributed by atoms with Gasteiger partial charge in [-0.15, -0.1) is 0 Å². The van der Waals surface area contributed by atoms with Gasteiger partial charge in [-0.1, -0.05) is 18.2 Å². The van der Waals surface area contributed by atoms with Crippen LogP contribution in [0.15, 0.2) is 54.6 Å². The number of hydrogen-bond donors (Lipinski definition) is 6. The number of aliphatic hydroxyl groups excluding tert-OH is 1. The molecular weight excluding hydrogens is 448 g/mol. The standard InChI is InChI=1S/C19H24N2O5.C4H4O4/c1-25-15-6-3-13(4-7-15)9-19(26-2)20-11-18(24)14-5-8-17(23)16(10-14)21-12-22;5-3(6)1-2-4(7)8/h3-8,10,12,18-20,23-24H,9,11H2,1-2H3,(H,21,22);1-2H,(H,5,6)(H,7,8)/b;2-1+. The lowest BCUT2D eigenvalue weighted by atomic mass is 10.1. The van der Waals surface area contributed by atoms with Gasteiger partial charge in [0.25, 0.3) is 0 Å². The number of anilines is 1. The Kier molecular flexibility index (Phi) is 12.4. The first-order chi connectivity index (χ1) is 16.2. The maximum absolute atomic E-state index is 10.6. The lowest BCUT2D eigenvalue weighted by molar-refractivity contribution is -0.134. The summed E-state index contributed by atoms with van der Waals surface area (Å²) in [6.07, 6.45) is 1.11. The van der Waals surface area contributed by atoms with Crippen LogP contribution in [0.5, 0.6) is 11.5 Å². The summed E-state index contributed by atoms with van der Waals surface area (Å²) in [7, 11) is 3.22. The van der Waals surface area contributed by atoms with Gasteiger partial charge in [0.2, 0.25) is 6.41 Å². The van der Waals surface area contributed by atoms with Crippen molar-refractivity contribution in [3.05, 3.63) is 65.7 Å². The Morgan fingerprint density at radius 3 is 2.15 bits per heavy atom. The molecule has 2 unspecified atom stereocenters. The van der Waals surface area contributed by atoms with Crippen molar-refractivity contribution in [1.29, 1.82) is 0 Å². The molecule has 2 aromatic carbocycles. The number of rotatable bonds is 12. The summed E-state index contributed by atoms with van der Waals surface area (Å²) in [6.45, 7) is 0.250. The largest absolute Gasteiger partial charge is 0.506 e. The molecule has 0 fully saturated rings. The maximum atomic E-state index is 10.6. The molecule has 0 aromatic heterocycles. The van der Waals surface area contributed by atoms with Gasteiger partial charge >= 0.3 is 11.9 Å². The normalized spacial score (nSPS) is 12.2. The van der Waals surface area contributed by atoms with Gasteiger partial charge < -0.3 is 35.2 Å². The van der Waals surface area contributed by atoms with Crippen molar-refractivity contribution in [2.45, 2.75) is 18.8 Å². The molecule has 6 N–H and O–H groups in total. The van der Waals surface area contributed by atoms with Crippen LogP contribution in [-0.4, -0.2) is 65.8 Å². The summed E-state index contributed by atoms with van der Waals surface area (Å²) in [5.41, 5.74) is 1.89. The predicted octanol–water partition coefficient (Wildman–Crippen LogP) is 1.52. The Morgan fingerprint density at radius 2 is 1.65 bits per heavy atom. The van der Waals surface area contributed by atoms with E-state index < -0.39 is 18.0 Å². The lowest BCUT2D eigenvalue weighted by Crippen LogP contribution is -2.35. The van der Waals surface area contributed by atoms with Crippen molar-refractivity contribution in [2.24, 2.45) is 0 Å². The average molecular weight is 476 g/mol. The van der Waals surface area contributed by atoms with Crippen molar-refractivity contribution in [2.75, 3.05) is 26.1 Å². The first-order valence-corrected chi connectivity index (χ1v) is 9.94. The highest BCUT2D eigenvalue weighted by Crippen LogP contribution is 2.26.